The fourth-order valence-electron chi connectivity index (χ4n) is 3.05. The number of ketones is 1. The van der Waals surface area contributed by atoms with Gasteiger partial charge in [0, 0.05) is 18.8 Å². The number of hydrogen-bond donors (Lipinski definition) is 1. The van der Waals surface area contributed by atoms with Gasteiger partial charge in [0.15, 0.2) is 6.61 Å². The number of ether oxygens (including phenoxy) is 1. The highest BCUT2D eigenvalue weighted by Crippen LogP contribution is 2.18. The van der Waals surface area contributed by atoms with Gasteiger partial charge in [-0.25, -0.2) is 9.48 Å². The Bertz CT molecular complexity index is 1130. The first-order valence-electron chi connectivity index (χ1n) is 9.32. The summed E-state index contributed by atoms with van der Waals surface area (Å²) in [5.74, 6) is -2.08. The minimum atomic E-state index is -1.10. The molecule has 0 spiro atoms. The zero-order valence-corrected chi connectivity index (χ0v) is 17.5. The lowest BCUT2D eigenvalue weighted by molar-refractivity contribution is -0.142. The average Bonchev–Trinajstić information content (AvgIpc) is 3.18. The van der Waals surface area contributed by atoms with Gasteiger partial charge in [-0.05, 0) is 39.8 Å². The highest BCUT2D eigenvalue weighted by Gasteiger charge is 2.26. The van der Waals surface area contributed by atoms with Crippen LogP contribution in [0, 0.1) is 27.7 Å². The van der Waals surface area contributed by atoms with Gasteiger partial charge in [0.2, 0.25) is 0 Å². The fraction of sp³-hybridized carbons (Fsp3) is 0.286. The molecule has 0 aliphatic heterocycles. The summed E-state index contributed by atoms with van der Waals surface area (Å²) < 4.78 is 8.01. The van der Waals surface area contributed by atoms with Crippen molar-refractivity contribution < 1.29 is 19.1 Å². The Balaban J connectivity index is 1.66. The highest BCUT2D eigenvalue weighted by molar-refractivity contribution is 6.41. The number of Topliss-reactive ketones (excluding diaryl/α,β-unsaturated/α-hetero) is 1. The Kier molecular flexibility index (Phi) is 5.81. The van der Waals surface area contributed by atoms with Crippen molar-refractivity contribution in [3.63, 3.8) is 0 Å². The summed E-state index contributed by atoms with van der Waals surface area (Å²) in [6.45, 7) is 6.50. The Morgan fingerprint density at radius 2 is 1.70 bits per heavy atom. The van der Waals surface area contributed by atoms with Crippen LogP contribution in [0.3, 0.4) is 0 Å². The van der Waals surface area contributed by atoms with E-state index in [1.54, 1.807) is 38.6 Å². The minimum Gasteiger partial charge on any atom is -0.450 e. The molecule has 1 N–H and O–H groups in total. The van der Waals surface area contributed by atoms with E-state index in [1.165, 1.54) is 4.68 Å². The number of benzene rings is 1. The molecule has 0 saturated carbocycles. The predicted octanol–water partition coefficient (Wildman–Crippen LogP) is 2.20. The number of hydrogen-bond acceptors (Lipinski definition) is 6. The van der Waals surface area contributed by atoms with E-state index < -0.39 is 24.3 Å². The van der Waals surface area contributed by atoms with Crippen molar-refractivity contribution in [2.75, 3.05) is 11.9 Å². The molecule has 0 unspecified atom stereocenters. The molecule has 0 radical (unpaired) electrons. The molecule has 0 fully saturated rings. The lowest BCUT2D eigenvalue weighted by atomic mass is 10.1. The molecule has 0 atom stereocenters. The molecule has 9 nitrogen and oxygen atoms in total. The van der Waals surface area contributed by atoms with Gasteiger partial charge in [-0.2, -0.15) is 10.2 Å². The van der Waals surface area contributed by atoms with Gasteiger partial charge in [-0.3, -0.25) is 14.3 Å². The van der Waals surface area contributed by atoms with Crippen LogP contribution in [0.15, 0.2) is 30.3 Å². The van der Waals surface area contributed by atoms with E-state index in [2.05, 4.69) is 15.5 Å². The van der Waals surface area contributed by atoms with Crippen molar-refractivity contribution in [3.05, 3.63) is 58.5 Å². The second-order valence-corrected chi connectivity index (χ2v) is 7.04. The van der Waals surface area contributed by atoms with Gasteiger partial charge in [0.1, 0.15) is 5.82 Å². The highest BCUT2D eigenvalue weighted by atomic mass is 16.5. The molecule has 2 aromatic heterocycles. The van der Waals surface area contributed by atoms with Crippen LogP contribution >= 0.6 is 0 Å². The minimum absolute atomic E-state index is 0.191. The van der Waals surface area contributed by atoms with Crippen molar-refractivity contribution >= 4 is 23.5 Å². The van der Waals surface area contributed by atoms with Crippen molar-refractivity contribution in [1.29, 1.82) is 0 Å². The maximum Gasteiger partial charge on any atom is 0.380 e. The summed E-state index contributed by atoms with van der Waals surface area (Å²) in [4.78, 5) is 36.8. The zero-order chi connectivity index (χ0) is 22.0. The third-order valence-electron chi connectivity index (χ3n) is 4.63. The number of amides is 1. The Morgan fingerprint density at radius 3 is 2.30 bits per heavy atom. The standard InChI is InChI=1S/C21H23N5O4/c1-12-6-8-16(9-7-12)26-17(10-13(2)23-26)22-18(27)11-30-21(29)20(28)19-14(3)24-25(5)15(19)4/h6-10H,11H2,1-5H3,(H,22,27). The molecule has 3 aromatic rings. The molecule has 0 aliphatic rings. The lowest BCUT2D eigenvalue weighted by Gasteiger charge is -2.09. The smallest absolute Gasteiger partial charge is 0.380 e. The van der Waals surface area contributed by atoms with Crippen molar-refractivity contribution in [1.82, 2.24) is 19.6 Å². The summed E-state index contributed by atoms with van der Waals surface area (Å²) in [5.41, 5.74) is 3.76. The first-order valence-corrected chi connectivity index (χ1v) is 9.32. The number of nitrogens with one attached hydrogen (secondary N) is 1. The molecular formula is C21H23N5O4. The first kappa shape index (κ1) is 21.0. The van der Waals surface area contributed by atoms with Crippen molar-refractivity contribution in [2.24, 2.45) is 7.05 Å². The second kappa shape index (κ2) is 8.32. The zero-order valence-electron chi connectivity index (χ0n) is 17.5. The third kappa shape index (κ3) is 4.29. The van der Waals surface area contributed by atoms with Gasteiger partial charge in [-0.1, -0.05) is 17.7 Å². The molecule has 0 bridgehead atoms. The number of aryl methyl sites for hydroxylation is 4. The average molecular weight is 409 g/mol. The van der Waals surface area contributed by atoms with E-state index in [9.17, 15) is 14.4 Å². The van der Waals surface area contributed by atoms with Crippen LogP contribution in [-0.2, 0) is 21.4 Å². The number of esters is 1. The number of aromatic nitrogens is 4. The summed E-state index contributed by atoms with van der Waals surface area (Å²) in [6.07, 6.45) is 0. The van der Waals surface area contributed by atoms with Crippen LogP contribution in [-0.4, -0.2) is 43.8 Å². The molecule has 1 aromatic carbocycles. The van der Waals surface area contributed by atoms with Crippen molar-refractivity contribution in [3.8, 4) is 5.69 Å². The number of carbonyl (C=O) groups excluding carboxylic acids is 3. The SMILES string of the molecule is Cc1ccc(-n2nc(C)cc2NC(=O)COC(=O)C(=O)c2c(C)nn(C)c2C)cc1. The number of anilines is 1. The van der Waals surface area contributed by atoms with E-state index >= 15 is 0 Å². The number of nitrogens with zero attached hydrogens (tertiary/aromatic N) is 4. The molecule has 0 saturated heterocycles. The van der Waals surface area contributed by atoms with E-state index in [-0.39, 0.29) is 5.56 Å². The molecule has 9 heteroatoms. The maximum absolute atomic E-state index is 12.4. The monoisotopic (exact) mass is 409 g/mol. The third-order valence-corrected chi connectivity index (χ3v) is 4.63. The molecule has 0 aliphatic carbocycles. The van der Waals surface area contributed by atoms with Crippen LogP contribution < -0.4 is 5.32 Å². The summed E-state index contributed by atoms with van der Waals surface area (Å²) in [6, 6.07) is 9.35. The van der Waals surface area contributed by atoms with Crippen LogP contribution in [0.25, 0.3) is 5.69 Å². The van der Waals surface area contributed by atoms with E-state index in [0.29, 0.717) is 22.9 Å². The van der Waals surface area contributed by atoms with Crippen LogP contribution in [0.5, 0.6) is 0 Å². The van der Waals surface area contributed by atoms with Crippen molar-refractivity contribution in [2.45, 2.75) is 27.7 Å². The summed E-state index contributed by atoms with van der Waals surface area (Å²) in [7, 11) is 1.68. The Labute approximate surface area is 173 Å². The largest absolute Gasteiger partial charge is 0.450 e. The van der Waals surface area contributed by atoms with Crippen LogP contribution in [0.4, 0.5) is 5.82 Å². The van der Waals surface area contributed by atoms with E-state index in [4.69, 9.17) is 4.74 Å². The molecular weight excluding hydrogens is 386 g/mol. The molecule has 30 heavy (non-hydrogen) atoms. The van der Waals surface area contributed by atoms with Gasteiger partial charge < -0.3 is 10.1 Å². The van der Waals surface area contributed by atoms with Gasteiger partial charge in [0.25, 0.3) is 11.7 Å². The summed E-state index contributed by atoms with van der Waals surface area (Å²) >= 11 is 0. The summed E-state index contributed by atoms with van der Waals surface area (Å²) in [5, 5.41) is 11.2. The normalized spacial score (nSPS) is 10.7. The van der Waals surface area contributed by atoms with E-state index in [1.807, 2.05) is 31.2 Å². The van der Waals surface area contributed by atoms with Gasteiger partial charge in [-0.15, -0.1) is 0 Å². The predicted molar refractivity (Wildman–Crippen MR) is 110 cm³/mol. The fourth-order valence-corrected chi connectivity index (χ4v) is 3.05. The molecule has 3 rings (SSSR count). The lowest BCUT2D eigenvalue weighted by Crippen LogP contribution is -2.26. The van der Waals surface area contributed by atoms with E-state index in [0.717, 1.165) is 11.3 Å². The first-order chi connectivity index (χ1) is 14.2. The Morgan fingerprint density at radius 1 is 1.03 bits per heavy atom. The number of rotatable bonds is 6. The van der Waals surface area contributed by atoms with Crippen LogP contribution in [0.2, 0.25) is 0 Å². The number of carbonyl (C=O) groups is 3. The van der Waals surface area contributed by atoms with Gasteiger partial charge >= 0.3 is 5.97 Å². The van der Waals surface area contributed by atoms with Gasteiger partial charge in [0.05, 0.1) is 22.6 Å². The quantitative estimate of drug-likeness (QED) is 0.380. The molecule has 156 valence electrons. The maximum atomic E-state index is 12.4. The molecule has 2 heterocycles. The van der Waals surface area contributed by atoms with Crippen LogP contribution in [0.1, 0.15) is 33.0 Å². The molecule has 1 amide bonds. The Hall–Kier alpha value is -3.75. The second-order valence-electron chi connectivity index (χ2n) is 7.04. The topological polar surface area (TPSA) is 108 Å².